The number of fused-ring (bicyclic) bond motifs is 7. The number of aromatic hydroxyl groups is 1. The summed E-state index contributed by atoms with van der Waals surface area (Å²) in [5.74, 6) is -0.761. The number of carbonyl (C=O) groups is 3. The van der Waals surface area contributed by atoms with Crippen LogP contribution in [0.4, 0.5) is 0 Å². The average Bonchev–Trinajstić information content (AvgIpc) is 3.34. The van der Waals surface area contributed by atoms with Crippen LogP contribution in [0.15, 0.2) is 54.7 Å². The van der Waals surface area contributed by atoms with Crippen molar-refractivity contribution in [2.45, 2.75) is 57.3 Å². The third kappa shape index (κ3) is 6.42. The van der Waals surface area contributed by atoms with Crippen molar-refractivity contribution in [2.75, 3.05) is 20.6 Å². The first-order valence-electron chi connectivity index (χ1n) is 13.5. The molecule has 1 fully saturated rings. The molecule has 39 heavy (non-hydrogen) atoms. The third-order valence-corrected chi connectivity index (χ3v) is 7.65. The molecule has 2 aromatic carbocycles. The summed E-state index contributed by atoms with van der Waals surface area (Å²) in [4.78, 5) is 44.4. The van der Waals surface area contributed by atoms with Crippen molar-refractivity contribution >= 4 is 23.8 Å². The number of phenols is 1. The lowest BCUT2D eigenvalue weighted by Crippen LogP contribution is -2.59. The Labute approximate surface area is 229 Å². The van der Waals surface area contributed by atoms with E-state index < -0.39 is 30.1 Å². The average molecular weight is 535 g/mol. The first kappa shape index (κ1) is 28.2. The Hall–Kier alpha value is -3.85. The van der Waals surface area contributed by atoms with Crippen LogP contribution in [-0.2, 0) is 20.8 Å². The Morgan fingerprint density at radius 2 is 1.90 bits per heavy atom. The summed E-state index contributed by atoms with van der Waals surface area (Å²) >= 11 is 0. The molecule has 208 valence electrons. The zero-order chi connectivity index (χ0) is 28.1. The number of ether oxygens (including phenoxy) is 1. The van der Waals surface area contributed by atoms with Crippen LogP contribution in [0.2, 0.25) is 0 Å². The van der Waals surface area contributed by atoms with Crippen molar-refractivity contribution in [3.63, 3.8) is 0 Å². The van der Waals surface area contributed by atoms with E-state index in [4.69, 9.17) is 4.74 Å². The van der Waals surface area contributed by atoms with Gasteiger partial charge in [-0.25, -0.2) is 0 Å². The summed E-state index contributed by atoms with van der Waals surface area (Å²) in [5.41, 5.74) is 1.53. The fraction of sp³-hybridized carbons (Fsp3) is 0.433. The van der Waals surface area contributed by atoms with E-state index in [-0.39, 0.29) is 23.5 Å². The normalized spacial score (nSPS) is 23.7. The lowest BCUT2D eigenvalue weighted by molar-refractivity contribution is -0.144. The molecule has 0 aliphatic carbocycles. The molecule has 0 radical (unpaired) electrons. The molecule has 0 spiro atoms. The van der Waals surface area contributed by atoms with Crippen LogP contribution in [0.3, 0.4) is 0 Å². The minimum atomic E-state index is -0.949. The Morgan fingerprint density at radius 1 is 1.15 bits per heavy atom. The Morgan fingerprint density at radius 3 is 2.56 bits per heavy atom. The molecule has 2 aromatic rings. The molecule has 0 aromatic heterocycles. The number of likely N-dealkylation sites (tertiary alicyclic amines) is 1. The predicted molar refractivity (Wildman–Crippen MR) is 149 cm³/mol. The second-order valence-electron chi connectivity index (χ2n) is 10.5. The highest BCUT2D eigenvalue weighted by atomic mass is 16.5. The van der Waals surface area contributed by atoms with Crippen molar-refractivity contribution in [1.82, 2.24) is 20.4 Å². The Balaban J connectivity index is 1.70. The van der Waals surface area contributed by atoms with Gasteiger partial charge in [-0.1, -0.05) is 50.6 Å². The molecule has 2 unspecified atom stereocenters. The van der Waals surface area contributed by atoms with Gasteiger partial charge in [0.2, 0.25) is 17.7 Å². The second kappa shape index (κ2) is 12.3. The van der Waals surface area contributed by atoms with E-state index in [1.807, 2.05) is 63.2 Å². The zero-order valence-electron chi connectivity index (χ0n) is 23.0. The van der Waals surface area contributed by atoms with Gasteiger partial charge in [-0.3, -0.25) is 19.3 Å². The number of likely N-dealkylation sites (N-methyl/N-ethyl adjacent to an activating group) is 1. The summed E-state index contributed by atoms with van der Waals surface area (Å²) in [5, 5.41) is 16.2. The van der Waals surface area contributed by atoms with Crippen LogP contribution < -0.4 is 15.4 Å². The molecule has 1 saturated heterocycles. The fourth-order valence-electron chi connectivity index (χ4n) is 5.12. The number of nitrogens with zero attached hydrogens (tertiary/aromatic N) is 2. The molecule has 5 atom stereocenters. The van der Waals surface area contributed by atoms with E-state index in [2.05, 4.69) is 10.6 Å². The molecule has 9 nitrogen and oxygen atoms in total. The van der Waals surface area contributed by atoms with Crippen molar-refractivity contribution in [2.24, 2.45) is 5.92 Å². The predicted octanol–water partition coefficient (Wildman–Crippen LogP) is 2.54. The van der Waals surface area contributed by atoms with E-state index in [9.17, 15) is 19.5 Å². The monoisotopic (exact) mass is 534 g/mol. The standard InChI is InChI=1S/C30H38N4O5/c1-5-19(2)26-28(36)31-15-13-21-11-12-22(18-24(21)35)39-25-14-16-34(27(25)29(37)32-26)30(38)23(33(3)4)17-20-9-7-6-8-10-20/h6-13,15,18-19,23,25-27,35H,5,14,16-17H2,1-4H3,(H,31,36)(H,32,37)/b15-13-/t19?,23-,25-,26-,27?/m0/s1. The molecule has 3 aliphatic heterocycles. The Kier molecular flexibility index (Phi) is 8.91. The van der Waals surface area contributed by atoms with E-state index in [0.29, 0.717) is 37.1 Å². The van der Waals surface area contributed by atoms with E-state index >= 15 is 0 Å². The molecule has 3 amide bonds. The van der Waals surface area contributed by atoms with E-state index in [0.717, 1.165) is 5.56 Å². The van der Waals surface area contributed by atoms with Crippen LogP contribution in [-0.4, -0.2) is 77.5 Å². The van der Waals surface area contributed by atoms with Gasteiger partial charge in [-0.2, -0.15) is 0 Å². The quantitative estimate of drug-likeness (QED) is 0.525. The Bertz CT molecular complexity index is 1220. The molecule has 9 heteroatoms. The van der Waals surface area contributed by atoms with Gasteiger partial charge in [-0.05, 0) is 50.2 Å². The largest absolute Gasteiger partial charge is 0.507 e. The van der Waals surface area contributed by atoms with Crippen LogP contribution in [0.5, 0.6) is 11.5 Å². The minimum absolute atomic E-state index is 0.0176. The SMILES string of the molecule is CCC(C)[C@@H]1NC(=O)C2[C@H](CCN2C(=O)[C@H](Cc2ccccc2)N(C)C)Oc2ccc(c(O)c2)/C=C\NC1=O. The number of amides is 3. The van der Waals surface area contributed by atoms with Crippen molar-refractivity contribution in [3.8, 4) is 11.5 Å². The molecule has 0 saturated carbocycles. The number of phenolic OH excluding ortho intramolecular Hbond substituents is 1. The summed E-state index contributed by atoms with van der Waals surface area (Å²) in [7, 11) is 3.70. The fourth-order valence-corrected chi connectivity index (χ4v) is 5.12. The van der Waals surface area contributed by atoms with Crippen LogP contribution in [0.25, 0.3) is 6.08 Å². The van der Waals surface area contributed by atoms with Crippen LogP contribution in [0, 0.1) is 5.92 Å². The first-order valence-corrected chi connectivity index (χ1v) is 13.5. The molecule has 3 heterocycles. The number of nitrogens with one attached hydrogen (secondary N) is 2. The van der Waals surface area contributed by atoms with Gasteiger partial charge in [-0.15, -0.1) is 0 Å². The maximum absolute atomic E-state index is 14.0. The number of hydrogen-bond donors (Lipinski definition) is 3. The van der Waals surface area contributed by atoms with Gasteiger partial charge in [0.05, 0.1) is 6.04 Å². The lowest BCUT2D eigenvalue weighted by atomic mass is 9.97. The van der Waals surface area contributed by atoms with E-state index in [1.165, 1.54) is 12.3 Å². The van der Waals surface area contributed by atoms with E-state index in [1.54, 1.807) is 23.1 Å². The first-order chi connectivity index (χ1) is 18.7. The van der Waals surface area contributed by atoms with Crippen molar-refractivity contribution in [3.05, 3.63) is 65.9 Å². The smallest absolute Gasteiger partial charge is 0.247 e. The maximum Gasteiger partial charge on any atom is 0.247 e. The van der Waals surface area contributed by atoms with Crippen LogP contribution >= 0.6 is 0 Å². The number of carbonyl (C=O) groups excluding carboxylic acids is 3. The number of hydrogen-bond acceptors (Lipinski definition) is 6. The summed E-state index contributed by atoms with van der Waals surface area (Å²) in [6.45, 7) is 4.17. The lowest BCUT2D eigenvalue weighted by Gasteiger charge is -2.34. The molecular weight excluding hydrogens is 496 g/mol. The van der Waals surface area contributed by atoms with Crippen LogP contribution in [0.1, 0.15) is 37.8 Å². The second-order valence-corrected chi connectivity index (χ2v) is 10.5. The van der Waals surface area contributed by atoms with Gasteiger partial charge in [0.15, 0.2) is 0 Å². The van der Waals surface area contributed by atoms with Crippen molar-refractivity contribution in [1.29, 1.82) is 0 Å². The van der Waals surface area contributed by atoms with Gasteiger partial charge < -0.3 is 25.4 Å². The van der Waals surface area contributed by atoms with Gasteiger partial charge in [0.1, 0.15) is 29.7 Å². The number of benzene rings is 2. The zero-order valence-corrected chi connectivity index (χ0v) is 23.0. The molecule has 3 N–H and O–H groups in total. The molecular formula is C30H38N4O5. The van der Waals surface area contributed by atoms with Gasteiger partial charge in [0, 0.05) is 30.8 Å². The summed E-state index contributed by atoms with van der Waals surface area (Å²) < 4.78 is 6.22. The third-order valence-electron chi connectivity index (χ3n) is 7.65. The highest BCUT2D eigenvalue weighted by molar-refractivity contribution is 5.94. The number of rotatable bonds is 6. The summed E-state index contributed by atoms with van der Waals surface area (Å²) in [6.07, 6.45) is 3.96. The molecule has 3 aliphatic rings. The van der Waals surface area contributed by atoms with Gasteiger partial charge >= 0.3 is 0 Å². The summed E-state index contributed by atoms with van der Waals surface area (Å²) in [6, 6.07) is 12.4. The topological polar surface area (TPSA) is 111 Å². The molecule has 5 rings (SSSR count). The maximum atomic E-state index is 14.0. The minimum Gasteiger partial charge on any atom is -0.507 e. The molecule has 2 bridgehead atoms. The highest BCUT2D eigenvalue weighted by Gasteiger charge is 2.46. The van der Waals surface area contributed by atoms with Crippen molar-refractivity contribution < 1.29 is 24.2 Å². The van der Waals surface area contributed by atoms with Gasteiger partial charge in [0.25, 0.3) is 0 Å². The highest BCUT2D eigenvalue weighted by Crippen LogP contribution is 2.30.